The zero-order valence-corrected chi connectivity index (χ0v) is 19.7. The maximum absolute atomic E-state index is 11.8. The van der Waals surface area contributed by atoms with Crippen LogP contribution in [0, 0.1) is 0 Å². The van der Waals surface area contributed by atoms with Gasteiger partial charge in [0.05, 0.1) is 6.26 Å². The molecular formula is C22H38N6O2S. The molecule has 3 fully saturated rings. The average Bonchev–Trinajstić information content (AvgIpc) is 3.17. The van der Waals surface area contributed by atoms with E-state index in [2.05, 4.69) is 20.1 Å². The summed E-state index contributed by atoms with van der Waals surface area (Å²) in [4.78, 5) is 14.3. The van der Waals surface area contributed by atoms with E-state index in [1.54, 1.807) is 4.31 Å². The SMILES string of the molecule is CS(=O)(=O)N1CCC(N2CCCCC(Nc3nccc(N4CCCCCC4)n3)C2)CC1. The summed E-state index contributed by atoms with van der Waals surface area (Å²) in [5, 5.41) is 3.62. The van der Waals surface area contributed by atoms with Gasteiger partial charge < -0.3 is 10.2 Å². The summed E-state index contributed by atoms with van der Waals surface area (Å²) in [5.41, 5.74) is 0. The molecule has 8 nitrogen and oxygen atoms in total. The van der Waals surface area contributed by atoms with Crippen molar-refractivity contribution in [2.75, 3.05) is 55.7 Å². The van der Waals surface area contributed by atoms with E-state index < -0.39 is 10.0 Å². The van der Waals surface area contributed by atoms with Crippen LogP contribution in [-0.2, 0) is 10.0 Å². The van der Waals surface area contributed by atoms with Gasteiger partial charge in [0.1, 0.15) is 5.82 Å². The predicted molar refractivity (Wildman–Crippen MR) is 125 cm³/mol. The number of hydrogen-bond donors (Lipinski definition) is 1. The highest BCUT2D eigenvalue weighted by atomic mass is 32.2. The molecule has 3 aliphatic rings. The van der Waals surface area contributed by atoms with Crippen LogP contribution in [0.2, 0.25) is 0 Å². The van der Waals surface area contributed by atoms with Gasteiger partial charge in [0.25, 0.3) is 0 Å². The first-order valence-corrected chi connectivity index (χ1v) is 13.9. The lowest BCUT2D eigenvalue weighted by atomic mass is 10.0. The number of rotatable bonds is 5. The minimum absolute atomic E-state index is 0.329. The van der Waals surface area contributed by atoms with E-state index in [-0.39, 0.29) is 0 Å². The van der Waals surface area contributed by atoms with E-state index in [9.17, 15) is 8.42 Å². The highest BCUT2D eigenvalue weighted by Gasteiger charge is 2.30. The molecule has 4 rings (SSSR count). The van der Waals surface area contributed by atoms with Gasteiger partial charge >= 0.3 is 0 Å². The summed E-state index contributed by atoms with van der Waals surface area (Å²) in [6, 6.07) is 2.82. The van der Waals surface area contributed by atoms with Gasteiger partial charge in [0.15, 0.2) is 0 Å². The molecule has 0 aromatic carbocycles. The van der Waals surface area contributed by atoms with Crippen LogP contribution in [0.15, 0.2) is 12.3 Å². The van der Waals surface area contributed by atoms with Crippen LogP contribution in [0.3, 0.4) is 0 Å². The third kappa shape index (κ3) is 6.29. The number of hydrogen-bond acceptors (Lipinski definition) is 7. The van der Waals surface area contributed by atoms with Crippen LogP contribution < -0.4 is 10.2 Å². The van der Waals surface area contributed by atoms with Gasteiger partial charge in [-0.15, -0.1) is 0 Å². The fourth-order valence-electron chi connectivity index (χ4n) is 5.24. The Morgan fingerprint density at radius 1 is 0.935 bits per heavy atom. The number of piperidine rings is 1. The summed E-state index contributed by atoms with van der Waals surface area (Å²) in [5.74, 6) is 1.78. The number of sulfonamides is 1. The Labute approximate surface area is 187 Å². The van der Waals surface area contributed by atoms with Crippen molar-refractivity contribution in [1.82, 2.24) is 19.2 Å². The number of aromatic nitrogens is 2. The van der Waals surface area contributed by atoms with Crippen molar-refractivity contribution in [3.63, 3.8) is 0 Å². The first-order valence-electron chi connectivity index (χ1n) is 12.0. The first kappa shape index (κ1) is 22.7. The smallest absolute Gasteiger partial charge is 0.224 e. The Kier molecular flexibility index (Phi) is 7.66. The normalized spacial score (nSPS) is 25.7. The third-order valence-electron chi connectivity index (χ3n) is 7.02. The van der Waals surface area contributed by atoms with Crippen LogP contribution >= 0.6 is 0 Å². The Morgan fingerprint density at radius 2 is 1.65 bits per heavy atom. The van der Waals surface area contributed by atoms with E-state index in [0.717, 1.165) is 57.2 Å². The highest BCUT2D eigenvalue weighted by molar-refractivity contribution is 7.88. The lowest BCUT2D eigenvalue weighted by molar-refractivity contribution is 0.141. The second-order valence-electron chi connectivity index (χ2n) is 9.36. The molecule has 1 N–H and O–H groups in total. The molecule has 9 heteroatoms. The molecule has 4 heterocycles. The number of nitrogens with zero attached hydrogens (tertiary/aromatic N) is 5. The maximum Gasteiger partial charge on any atom is 0.224 e. The molecule has 31 heavy (non-hydrogen) atoms. The second kappa shape index (κ2) is 10.4. The topological polar surface area (TPSA) is 81.7 Å². The standard InChI is InChI=1S/C22H38N6O2S/c1-31(29,30)28-16-10-20(11-17-28)27-15-7-4-8-19(18-27)24-22-23-12-9-21(25-22)26-13-5-2-3-6-14-26/h9,12,19-20H,2-8,10-11,13-18H2,1H3,(H,23,24,25). The Balaban J connectivity index is 1.36. The van der Waals surface area contributed by atoms with Crippen LogP contribution in [0.5, 0.6) is 0 Å². The molecule has 1 atom stereocenters. The number of nitrogens with one attached hydrogen (secondary N) is 1. The molecule has 0 bridgehead atoms. The molecule has 0 amide bonds. The van der Waals surface area contributed by atoms with Gasteiger partial charge in [-0.05, 0) is 51.1 Å². The van der Waals surface area contributed by atoms with E-state index in [4.69, 9.17) is 4.98 Å². The van der Waals surface area contributed by atoms with Crippen molar-refractivity contribution >= 4 is 21.8 Å². The van der Waals surface area contributed by atoms with Crippen molar-refractivity contribution in [1.29, 1.82) is 0 Å². The molecule has 1 aromatic heterocycles. The molecule has 1 aromatic rings. The zero-order chi connectivity index (χ0) is 21.7. The van der Waals surface area contributed by atoms with Gasteiger partial charge in [0.2, 0.25) is 16.0 Å². The maximum atomic E-state index is 11.8. The lowest BCUT2D eigenvalue weighted by Crippen LogP contribution is -2.48. The van der Waals surface area contributed by atoms with E-state index in [1.807, 2.05) is 12.3 Å². The van der Waals surface area contributed by atoms with Crippen molar-refractivity contribution in [2.24, 2.45) is 0 Å². The molecule has 0 spiro atoms. The van der Waals surface area contributed by atoms with Crippen molar-refractivity contribution in [2.45, 2.75) is 69.9 Å². The molecule has 0 radical (unpaired) electrons. The quantitative estimate of drug-likeness (QED) is 0.738. The van der Waals surface area contributed by atoms with Crippen LogP contribution in [-0.4, -0.2) is 85.2 Å². The van der Waals surface area contributed by atoms with Crippen LogP contribution in [0.25, 0.3) is 0 Å². The molecule has 0 saturated carbocycles. The largest absolute Gasteiger partial charge is 0.356 e. The molecule has 3 saturated heterocycles. The van der Waals surface area contributed by atoms with Gasteiger partial charge in [-0.3, -0.25) is 4.90 Å². The van der Waals surface area contributed by atoms with E-state index in [0.29, 0.717) is 25.2 Å². The second-order valence-corrected chi connectivity index (χ2v) is 11.3. The molecule has 1 unspecified atom stereocenters. The summed E-state index contributed by atoms with van der Waals surface area (Å²) in [6.07, 6.45) is 13.6. The summed E-state index contributed by atoms with van der Waals surface area (Å²) in [6.45, 7) is 5.51. The summed E-state index contributed by atoms with van der Waals surface area (Å²) in [7, 11) is -3.07. The Morgan fingerprint density at radius 3 is 2.35 bits per heavy atom. The van der Waals surface area contributed by atoms with Crippen LogP contribution in [0.1, 0.15) is 57.8 Å². The fourth-order valence-corrected chi connectivity index (χ4v) is 6.11. The molecule has 3 aliphatic heterocycles. The van der Waals surface area contributed by atoms with Gasteiger partial charge in [-0.2, -0.15) is 4.98 Å². The van der Waals surface area contributed by atoms with Gasteiger partial charge in [-0.1, -0.05) is 19.3 Å². The average molecular weight is 451 g/mol. The Hall–Kier alpha value is -1.45. The van der Waals surface area contributed by atoms with Crippen molar-refractivity contribution in [3.8, 4) is 0 Å². The van der Waals surface area contributed by atoms with Gasteiger partial charge in [-0.25, -0.2) is 17.7 Å². The minimum Gasteiger partial charge on any atom is -0.356 e. The third-order valence-corrected chi connectivity index (χ3v) is 8.32. The summed E-state index contributed by atoms with van der Waals surface area (Å²) >= 11 is 0. The molecule has 0 aliphatic carbocycles. The monoisotopic (exact) mass is 450 g/mol. The number of anilines is 2. The lowest BCUT2D eigenvalue weighted by Gasteiger charge is -2.38. The fraction of sp³-hybridized carbons (Fsp3) is 0.818. The summed E-state index contributed by atoms with van der Waals surface area (Å²) < 4.78 is 25.3. The van der Waals surface area contributed by atoms with Crippen molar-refractivity contribution in [3.05, 3.63) is 12.3 Å². The Bertz CT molecular complexity index is 804. The van der Waals surface area contributed by atoms with Gasteiger partial charge in [0, 0.05) is 51.0 Å². The van der Waals surface area contributed by atoms with Crippen molar-refractivity contribution < 1.29 is 8.42 Å². The number of likely N-dealkylation sites (tertiary alicyclic amines) is 1. The highest BCUT2D eigenvalue weighted by Crippen LogP contribution is 2.24. The minimum atomic E-state index is -3.07. The first-order chi connectivity index (χ1) is 15.0. The molecule has 174 valence electrons. The van der Waals surface area contributed by atoms with E-state index >= 15 is 0 Å². The molecular weight excluding hydrogens is 412 g/mol. The van der Waals surface area contributed by atoms with Crippen LogP contribution in [0.4, 0.5) is 11.8 Å². The predicted octanol–water partition coefficient (Wildman–Crippen LogP) is 2.55. The van der Waals surface area contributed by atoms with E-state index in [1.165, 1.54) is 44.8 Å². The zero-order valence-electron chi connectivity index (χ0n) is 18.9.